The van der Waals surface area contributed by atoms with Gasteiger partial charge in [-0.2, -0.15) is 13.2 Å². The molecule has 0 spiro atoms. The Morgan fingerprint density at radius 3 is 2.71 bits per heavy atom. The Morgan fingerprint density at radius 1 is 1.33 bits per heavy atom. The highest BCUT2D eigenvalue weighted by atomic mass is 32.1. The molecule has 0 atom stereocenters. The first-order valence-corrected chi connectivity index (χ1v) is 6.67. The van der Waals surface area contributed by atoms with E-state index >= 15 is 0 Å². The van der Waals surface area contributed by atoms with Crippen molar-refractivity contribution in [3.05, 3.63) is 40.4 Å². The van der Waals surface area contributed by atoms with Crippen LogP contribution in [-0.2, 0) is 12.7 Å². The van der Waals surface area contributed by atoms with Crippen LogP contribution >= 0.6 is 11.3 Å². The second kappa shape index (κ2) is 6.08. The van der Waals surface area contributed by atoms with Crippen LogP contribution in [0.3, 0.4) is 0 Å². The highest BCUT2D eigenvalue weighted by Gasteiger charge is 2.30. The van der Waals surface area contributed by atoms with Gasteiger partial charge in [0.2, 0.25) is 10.1 Å². The second-order valence-corrected chi connectivity index (χ2v) is 5.02. The number of carbonyl (C=O) groups is 1. The molecule has 1 heterocycles. The van der Waals surface area contributed by atoms with E-state index in [1.165, 1.54) is 12.1 Å². The Labute approximate surface area is 122 Å². The largest absolute Gasteiger partial charge is 0.416 e. The molecule has 0 unspecified atom stereocenters. The van der Waals surface area contributed by atoms with Gasteiger partial charge in [0.1, 0.15) is 0 Å². The van der Waals surface area contributed by atoms with Crippen LogP contribution in [0.5, 0.6) is 0 Å². The summed E-state index contributed by atoms with van der Waals surface area (Å²) in [5, 5.41) is 13.3. The van der Waals surface area contributed by atoms with Gasteiger partial charge in [-0.25, -0.2) is 0 Å². The number of halogens is 3. The first-order chi connectivity index (χ1) is 9.90. The molecule has 9 heteroatoms. The van der Waals surface area contributed by atoms with E-state index in [1.807, 2.05) is 0 Å². The molecule has 0 aliphatic heterocycles. The molecule has 21 heavy (non-hydrogen) atoms. The number of nitrogens with one attached hydrogen (secondary N) is 2. The fraction of sp³-hybridized carbons (Fsp3) is 0.250. The van der Waals surface area contributed by atoms with Crippen LogP contribution in [0.1, 0.15) is 20.9 Å². The van der Waals surface area contributed by atoms with Gasteiger partial charge < -0.3 is 10.6 Å². The molecule has 1 aromatic heterocycles. The third-order valence-electron chi connectivity index (χ3n) is 2.54. The van der Waals surface area contributed by atoms with Crippen LogP contribution < -0.4 is 10.6 Å². The summed E-state index contributed by atoms with van der Waals surface area (Å²) < 4.78 is 37.7. The lowest BCUT2D eigenvalue weighted by atomic mass is 10.1. The van der Waals surface area contributed by atoms with E-state index in [1.54, 1.807) is 7.05 Å². The number of alkyl halides is 3. The number of hydrogen-bond donors (Lipinski definition) is 2. The molecule has 2 rings (SSSR count). The van der Waals surface area contributed by atoms with Gasteiger partial charge in [0.25, 0.3) is 5.91 Å². The Balaban J connectivity index is 2.01. The molecular weight excluding hydrogens is 305 g/mol. The lowest BCUT2D eigenvalue weighted by Gasteiger charge is -2.09. The smallest absolute Gasteiger partial charge is 0.363 e. The van der Waals surface area contributed by atoms with E-state index in [9.17, 15) is 18.0 Å². The average molecular weight is 316 g/mol. The minimum absolute atomic E-state index is 0.0166. The Bertz CT molecular complexity index is 641. The van der Waals surface area contributed by atoms with Crippen molar-refractivity contribution in [3.8, 4) is 0 Å². The fourth-order valence-electron chi connectivity index (χ4n) is 1.53. The molecule has 2 aromatic rings. The van der Waals surface area contributed by atoms with Crippen molar-refractivity contribution in [2.75, 3.05) is 12.4 Å². The quantitative estimate of drug-likeness (QED) is 0.909. The molecule has 0 saturated carbocycles. The van der Waals surface area contributed by atoms with Gasteiger partial charge in [0, 0.05) is 13.6 Å². The van der Waals surface area contributed by atoms with Crippen molar-refractivity contribution >= 4 is 22.4 Å². The van der Waals surface area contributed by atoms with Gasteiger partial charge in [-0.05, 0) is 17.7 Å². The second-order valence-electron chi connectivity index (χ2n) is 4.04. The highest BCUT2D eigenvalue weighted by Crippen LogP contribution is 2.29. The van der Waals surface area contributed by atoms with Crippen molar-refractivity contribution in [1.29, 1.82) is 0 Å². The van der Waals surface area contributed by atoms with Crippen molar-refractivity contribution in [3.63, 3.8) is 0 Å². The number of carbonyl (C=O) groups excluding carboxylic acids is 1. The average Bonchev–Trinajstić information content (AvgIpc) is 2.93. The molecule has 0 aliphatic carbocycles. The predicted molar refractivity (Wildman–Crippen MR) is 72.1 cm³/mol. The van der Waals surface area contributed by atoms with Crippen LogP contribution in [0.2, 0.25) is 0 Å². The number of nitrogens with zero attached hydrogens (tertiary/aromatic N) is 2. The summed E-state index contributed by atoms with van der Waals surface area (Å²) in [7, 11) is 1.64. The molecule has 112 valence electrons. The summed E-state index contributed by atoms with van der Waals surface area (Å²) in [6, 6.07) is 4.79. The van der Waals surface area contributed by atoms with Crippen LogP contribution in [0.25, 0.3) is 0 Å². The monoisotopic (exact) mass is 316 g/mol. The van der Waals surface area contributed by atoms with Gasteiger partial charge in [0.05, 0.1) is 5.56 Å². The predicted octanol–water partition coefficient (Wildman–Crippen LogP) is 2.53. The lowest BCUT2D eigenvalue weighted by Crippen LogP contribution is -2.22. The van der Waals surface area contributed by atoms with E-state index in [-0.39, 0.29) is 11.6 Å². The maximum atomic E-state index is 12.6. The summed E-state index contributed by atoms with van der Waals surface area (Å²) in [5.74, 6) is -0.480. The molecule has 0 aliphatic rings. The summed E-state index contributed by atoms with van der Waals surface area (Å²) in [6.07, 6.45) is -4.40. The zero-order valence-corrected chi connectivity index (χ0v) is 11.7. The third kappa shape index (κ3) is 3.91. The van der Waals surface area contributed by atoms with Gasteiger partial charge >= 0.3 is 6.18 Å². The third-order valence-corrected chi connectivity index (χ3v) is 3.48. The minimum atomic E-state index is -4.40. The lowest BCUT2D eigenvalue weighted by molar-refractivity contribution is -0.137. The van der Waals surface area contributed by atoms with Gasteiger partial charge in [-0.15, -0.1) is 10.2 Å². The fourth-order valence-corrected chi connectivity index (χ4v) is 2.14. The van der Waals surface area contributed by atoms with Crippen molar-refractivity contribution < 1.29 is 18.0 Å². The molecule has 2 N–H and O–H groups in total. The van der Waals surface area contributed by atoms with Gasteiger partial charge in [-0.1, -0.05) is 23.5 Å². The minimum Gasteiger partial charge on any atom is -0.363 e. The molecule has 1 aromatic carbocycles. The Hall–Kier alpha value is -2.16. The number of anilines is 1. The zero-order chi connectivity index (χ0) is 15.5. The van der Waals surface area contributed by atoms with Crippen molar-refractivity contribution in [2.45, 2.75) is 12.7 Å². The molecule has 0 saturated heterocycles. The van der Waals surface area contributed by atoms with E-state index in [4.69, 9.17) is 0 Å². The van der Waals surface area contributed by atoms with Crippen LogP contribution in [-0.4, -0.2) is 23.2 Å². The molecule has 5 nitrogen and oxygen atoms in total. The van der Waals surface area contributed by atoms with Gasteiger partial charge in [0.15, 0.2) is 0 Å². The summed E-state index contributed by atoms with van der Waals surface area (Å²) in [5.41, 5.74) is -0.390. The standard InChI is InChI=1S/C12H11F3N4OS/c1-16-11-19-18-10(21-11)9(20)17-6-7-3-2-4-8(5-7)12(13,14)15/h2-5H,6H2,1H3,(H,16,19)(H,17,20). The van der Waals surface area contributed by atoms with Crippen LogP contribution in [0.4, 0.5) is 18.3 Å². The van der Waals surface area contributed by atoms with E-state index < -0.39 is 17.6 Å². The maximum absolute atomic E-state index is 12.6. The first-order valence-electron chi connectivity index (χ1n) is 5.86. The van der Waals surface area contributed by atoms with Crippen molar-refractivity contribution in [1.82, 2.24) is 15.5 Å². The number of hydrogen-bond acceptors (Lipinski definition) is 5. The molecular formula is C12H11F3N4OS. The summed E-state index contributed by atoms with van der Waals surface area (Å²) >= 11 is 1.06. The first kappa shape index (κ1) is 15.2. The zero-order valence-electron chi connectivity index (χ0n) is 10.9. The number of rotatable bonds is 4. The Morgan fingerprint density at radius 2 is 2.10 bits per heavy atom. The normalized spacial score (nSPS) is 11.2. The number of benzene rings is 1. The highest BCUT2D eigenvalue weighted by molar-refractivity contribution is 7.17. The number of amides is 1. The maximum Gasteiger partial charge on any atom is 0.416 e. The molecule has 1 amide bonds. The molecule has 0 fully saturated rings. The molecule has 0 bridgehead atoms. The van der Waals surface area contributed by atoms with Gasteiger partial charge in [-0.3, -0.25) is 4.79 Å². The van der Waals surface area contributed by atoms with Crippen molar-refractivity contribution in [2.24, 2.45) is 0 Å². The van der Waals surface area contributed by atoms with Crippen LogP contribution in [0, 0.1) is 0 Å². The Kier molecular flexibility index (Phi) is 4.41. The van der Waals surface area contributed by atoms with E-state index in [0.717, 1.165) is 23.5 Å². The van der Waals surface area contributed by atoms with E-state index in [2.05, 4.69) is 20.8 Å². The summed E-state index contributed by atoms with van der Waals surface area (Å²) in [4.78, 5) is 11.8. The number of aromatic nitrogens is 2. The van der Waals surface area contributed by atoms with E-state index in [0.29, 0.717) is 10.7 Å². The van der Waals surface area contributed by atoms with Crippen LogP contribution in [0.15, 0.2) is 24.3 Å². The SMILES string of the molecule is CNc1nnc(C(=O)NCc2cccc(C(F)(F)F)c2)s1. The molecule has 0 radical (unpaired) electrons. The summed E-state index contributed by atoms with van der Waals surface area (Å²) in [6.45, 7) is -0.0166. The topological polar surface area (TPSA) is 66.9 Å².